The zero-order valence-electron chi connectivity index (χ0n) is 17.0. The molecule has 0 saturated heterocycles. The molecule has 1 aliphatic rings. The van der Waals surface area contributed by atoms with Crippen LogP contribution in [-0.4, -0.2) is 37.2 Å². The number of methoxy groups -OCH3 is 1. The fourth-order valence-corrected chi connectivity index (χ4v) is 4.07. The first-order valence-corrected chi connectivity index (χ1v) is 10.7. The molecule has 6 heteroatoms. The summed E-state index contributed by atoms with van der Waals surface area (Å²) in [5.74, 6) is -0.00690. The Morgan fingerprint density at radius 3 is 2.39 bits per heavy atom. The summed E-state index contributed by atoms with van der Waals surface area (Å²) in [7, 11) is 1.64. The Hall–Kier alpha value is -2.05. The first-order valence-electron chi connectivity index (χ1n) is 9.71. The van der Waals surface area contributed by atoms with E-state index in [0.717, 1.165) is 17.0 Å². The van der Waals surface area contributed by atoms with Crippen molar-refractivity contribution >= 4 is 28.5 Å². The average Bonchev–Trinajstić information content (AvgIpc) is 2.71. The molecule has 0 bridgehead atoms. The van der Waals surface area contributed by atoms with E-state index in [-0.39, 0.29) is 23.6 Å². The highest BCUT2D eigenvalue weighted by Crippen LogP contribution is 2.39. The van der Waals surface area contributed by atoms with E-state index in [9.17, 15) is 9.59 Å². The minimum atomic E-state index is -0.377. The van der Waals surface area contributed by atoms with Gasteiger partial charge in [-0.05, 0) is 24.7 Å². The number of rotatable bonds is 9. The van der Waals surface area contributed by atoms with Crippen LogP contribution in [0.5, 0.6) is 0 Å². The first kappa shape index (κ1) is 22.2. The normalized spacial score (nSPS) is 16.8. The van der Waals surface area contributed by atoms with Crippen molar-refractivity contribution in [3.8, 4) is 0 Å². The van der Waals surface area contributed by atoms with E-state index in [4.69, 9.17) is 9.47 Å². The number of benzene rings is 1. The van der Waals surface area contributed by atoms with Crippen molar-refractivity contribution in [3.63, 3.8) is 0 Å². The summed E-state index contributed by atoms with van der Waals surface area (Å²) >= 11 is 1.27. The van der Waals surface area contributed by atoms with Crippen molar-refractivity contribution in [3.05, 3.63) is 52.7 Å². The van der Waals surface area contributed by atoms with Gasteiger partial charge in [-0.15, -0.1) is 0 Å². The van der Waals surface area contributed by atoms with Crippen LogP contribution in [0.2, 0.25) is 0 Å². The van der Waals surface area contributed by atoms with Gasteiger partial charge in [-0.25, -0.2) is 4.79 Å². The Morgan fingerprint density at radius 2 is 1.82 bits per heavy atom. The maximum Gasteiger partial charge on any atom is 0.336 e. The Balaban J connectivity index is 2.63. The molecule has 1 aliphatic heterocycles. The third kappa shape index (κ3) is 5.06. The summed E-state index contributed by atoms with van der Waals surface area (Å²) in [4.78, 5) is 25.9. The average molecular weight is 404 g/mol. The van der Waals surface area contributed by atoms with Gasteiger partial charge >= 0.3 is 5.97 Å². The van der Waals surface area contributed by atoms with Gasteiger partial charge in [0.15, 0.2) is 0 Å². The number of ether oxygens (including phenoxy) is 2. The van der Waals surface area contributed by atoms with E-state index in [1.807, 2.05) is 44.2 Å². The van der Waals surface area contributed by atoms with E-state index >= 15 is 0 Å². The van der Waals surface area contributed by atoms with Gasteiger partial charge in [0.1, 0.15) is 0 Å². The first-order chi connectivity index (χ1) is 13.6. The molecule has 0 fully saturated rings. The van der Waals surface area contributed by atoms with Crippen LogP contribution in [0.1, 0.15) is 39.2 Å². The van der Waals surface area contributed by atoms with E-state index < -0.39 is 0 Å². The highest BCUT2D eigenvalue weighted by molar-refractivity contribution is 8.14. The van der Waals surface area contributed by atoms with Crippen molar-refractivity contribution in [2.75, 3.05) is 26.1 Å². The third-order valence-corrected chi connectivity index (χ3v) is 5.36. The SMILES string of the molecule is CCOC(=O)C1=C(c2ccccc2)NC(CCOC)=C(C(=O)SCC)C1CC. The van der Waals surface area contributed by atoms with Crippen molar-refractivity contribution in [2.45, 2.75) is 33.6 Å². The Bertz CT molecular complexity index is 755. The molecular weight excluding hydrogens is 374 g/mol. The van der Waals surface area contributed by atoms with Crippen molar-refractivity contribution < 1.29 is 19.1 Å². The summed E-state index contributed by atoms with van der Waals surface area (Å²) in [6.45, 7) is 6.51. The van der Waals surface area contributed by atoms with Crippen LogP contribution < -0.4 is 5.32 Å². The summed E-state index contributed by atoms with van der Waals surface area (Å²) in [6.07, 6.45) is 1.21. The van der Waals surface area contributed by atoms with Gasteiger partial charge in [0.05, 0.1) is 24.5 Å². The molecule has 152 valence electrons. The summed E-state index contributed by atoms with van der Waals surface area (Å²) in [5, 5.41) is 3.39. The van der Waals surface area contributed by atoms with Gasteiger partial charge in [-0.3, -0.25) is 4.79 Å². The second kappa shape index (κ2) is 11.1. The highest BCUT2D eigenvalue weighted by Gasteiger charge is 2.37. The van der Waals surface area contributed by atoms with Crippen molar-refractivity contribution in [2.24, 2.45) is 5.92 Å². The third-order valence-electron chi connectivity index (χ3n) is 4.58. The topological polar surface area (TPSA) is 64.6 Å². The maximum absolute atomic E-state index is 13.0. The van der Waals surface area contributed by atoms with Crippen LogP contribution in [0, 0.1) is 5.92 Å². The van der Waals surface area contributed by atoms with E-state index in [1.165, 1.54) is 11.8 Å². The lowest BCUT2D eigenvalue weighted by molar-refractivity contribution is -0.139. The fourth-order valence-electron chi connectivity index (χ4n) is 3.38. The van der Waals surface area contributed by atoms with Gasteiger partial charge < -0.3 is 14.8 Å². The molecular formula is C22H29NO4S. The minimum absolute atomic E-state index is 0.00173. The molecule has 1 aromatic carbocycles. The van der Waals surface area contributed by atoms with Crippen LogP contribution in [0.25, 0.3) is 5.70 Å². The number of thioether (sulfide) groups is 1. The minimum Gasteiger partial charge on any atom is -0.463 e. The second-order valence-electron chi connectivity index (χ2n) is 6.32. The molecule has 2 rings (SSSR count). The molecule has 5 nitrogen and oxygen atoms in total. The van der Waals surface area contributed by atoms with Gasteiger partial charge in [-0.1, -0.05) is 55.9 Å². The lowest BCUT2D eigenvalue weighted by Gasteiger charge is -2.32. The number of hydrogen-bond donors (Lipinski definition) is 1. The van der Waals surface area contributed by atoms with Gasteiger partial charge in [-0.2, -0.15) is 0 Å². The molecule has 0 aliphatic carbocycles. The molecule has 1 heterocycles. The van der Waals surface area contributed by atoms with Crippen LogP contribution in [0.3, 0.4) is 0 Å². The molecule has 1 unspecified atom stereocenters. The zero-order valence-corrected chi connectivity index (χ0v) is 17.9. The van der Waals surface area contributed by atoms with Crippen LogP contribution in [0.4, 0.5) is 0 Å². The fraction of sp³-hybridized carbons (Fsp3) is 0.455. The lowest BCUT2D eigenvalue weighted by Crippen LogP contribution is -2.33. The quantitative estimate of drug-likeness (QED) is 0.625. The molecule has 1 aromatic rings. The summed E-state index contributed by atoms with van der Waals surface area (Å²) < 4.78 is 10.6. The Kier molecular flexibility index (Phi) is 8.80. The molecule has 0 saturated carbocycles. The molecule has 0 aromatic heterocycles. The number of carbonyl (C=O) groups is 2. The molecule has 0 spiro atoms. The summed E-state index contributed by atoms with van der Waals surface area (Å²) in [5.41, 5.74) is 3.63. The number of dihydropyridines is 1. The predicted octanol–water partition coefficient (Wildman–Crippen LogP) is 4.16. The number of nitrogens with one attached hydrogen (secondary N) is 1. The molecule has 0 amide bonds. The van der Waals surface area contributed by atoms with Crippen molar-refractivity contribution in [1.29, 1.82) is 0 Å². The zero-order chi connectivity index (χ0) is 20.5. The molecule has 0 radical (unpaired) electrons. The largest absolute Gasteiger partial charge is 0.463 e. The van der Waals surface area contributed by atoms with E-state index in [0.29, 0.717) is 36.3 Å². The molecule has 1 atom stereocenters. The summed E-state index contributed by atoms with van der Waals surface area (Å²) in [6, 6.07) is 9.70. The lowest BCUT2D eigenvalue weighted by atomic mass is 9.82. The van der Waals surface area contributed by atoms with Gasteiger partial charge in [0, 0.05) is 30.7 Å². The maximum atomic E-state index is 13.0. The van der Waals surface area contributed by atoms with Crippen LogP contribution >= 0.6 is 11.8 Å². The number of hydrogen-bond acceptors (Lipinski definition) is 6. The monoisotopic (exact) mass is 403 g/mol. The Labute approximate surface area is 171 Å². The predicted molar refractivity (Wildman–Crippen MR) is 114 cm³/mol. The Morgan fingerprint density at radius 1 is 1.11 bits per heavy atom. The standard InChI is InChI=1S/C22H29NO4S/c1-5-16-18(22(25)28-7-3)17(13-14-26-4)23-20(15-11-9-8-10-12-15)19(16)21(24)27-6-2/h8-12,16,23H,5-7,13-14H2,1-4H3. The number of esters is 1. The van der Waals surface area contributed by atoms with Gasteiger partial charge in [0.2, 0.25) is 5.12 Å². The second-order valence-corrected chi connectivity index (χ2v) is 7.55. The van der Waals surface area contributed by atoms with E-state index in [1.54, 1.807) is 14.0 Å². The van der Waals surface area contributed by atoms with Crippen molar-refractivity contribution in [1.82, 2.24) is 5.32 Å². The van der Waals surface area contributed by atoms with E-state index in [2.05, 4.69) is 5.32 Å². The molecule has 28 heavy (non-hydrogen) atoms. The number of carbonyl (C=O) groups excluding carboxylic acids is 2. The van der Waals surface area contributed by atoms with Crippen LogP contribution in [-0.2, 0) is 19.1 Å². The van der Waals surface area contributed by atoms with Gasteiger partial charge in [0.25, 0.3) is 0 Å². The highest BCUT2D eigenvalue weighted by atomic mass is 32.2. The molecule has 1 N–H and O–H groups in total. The van der Waals surface area contributed by atoms with Crippen LogP contribution in [0.15, 0.2) is 47.2 Å². The smallest absolute Gasteiger partial charge is 0.336 e.